The van der Waals surface area contributed by atoms with Crippen molar-refractivity contribution < 1.29 is 14.6 Å². The zero-order valence-electron chi connectivity index (χ0n) is 5.17. The number of aliphatic hydroxyl groups excluding tert-OH is 1. The Morgan fingerprint density at radius 2 is 2.33 bits per heavy atom. The zero-order valence-corrected chi connectivity index (χ0v) is 5.17. The number of carbonyl (C=O) groups excluding carboxylic acids is 1. The molecule has 0 aliphatic rings. The SMILES string of the molecule is NCCC(=O)OCCO. The van der Waals surface area contributed by atoms with Gasteiger partial charge in [0.25, 0.3) is 0 Å². The normalized spacial score (nSPS) is 9.11. The van der Waals surface area contributed by atoms with Gasteiger partial charge in [-0.05, 0) is 0 Å². The van der Waals surface area contributed by atoms with Crippen molar-refractivity contribution in [3.63, 3.8) is 0 Å². The molecule has 4 heteroatoms. The van der Waals surface area contributed by atoms with Gasteiger partial charge in [-0.15, -0.1) is 0 Å². The van der Waals surface area contributed by atoms with Crippen molar-refractivity contribution >= 4 is 5.97 Å². The molecule has 0 rings (SSSR count). The fraction of sp³-hybridized carbons (Fsp3) is 0.800. The maximum absolute atomic E-state index is 10.4. The molecule has 0 aliphatic carbocycles. The molecule has 0 amide bonds. The lowest BCUT2D eigenvalue weighted by molar-refractivity contribution is -0.144. The van der Waals surface area contributed by atoms with Gasteiger partial charge in [0.1, 0.15) is 6.61 Å². The van der Waals surface area contributed by atoms with Crippen LogP contribution >= 0.6 is 0 Å². The van der Waals surface area contributed by atoms with Crippen molar-refractivity contribution in [1.82, 2.24) is 0 Å². The summed E-state index contributed by atoms with van der Waals surface area (Å²) in [7, 11) is 0. The molecule has 0 fully saturated rings. The Labute approximate surface area is 53.6 Å². The van der Waals surface area contributed by atoms with Crippen LogP contribution in [-0.2, 0) is 9.53 Å². The van der Waals surface area contributed by atoms with Crippen LogP contribution in [0.3, 0.4) is 0 Å². The molecule has 0 aromatic rings. The molecule has 0 saturated heterocycles. The van der Waals surface area contributed by atoms with Gasteiger partial charge >= 0.3 is 5.97 Å². The van der Waals surface area contributed by atoms with Crippen LogP contribution in [0, 0.1) is 0 Å². The predicted octanol–water partition coefficient (Wildman–Crippen LogP) is -1.13. The van der Waals surface area contributed by atoms with Crippen molar-refractivity contribution in [3.8, 4) is 0 Å². The largest absolute Gasteiger partial charge is 0.463 e. The van der Waals surface area contributed by atoms with Crippen LogP contribution in [0.4, 0.5) is 0 Å². The average Bonchev–Trinajstić information content (AvgIpc) is 1.85. The number of rotatable bonds is 4. The van der Waals surface area contributed by atoms with Crippen LogP contribution in [0.1, 0.15) is 6.42 Å². The second-order valence-electron chi connectivity index (χ2n) is 1.48. The summed E-state index contributed by atoms with van der Waals surface area (Å²) in [6.07, 6.45) is 0.222. The van der Waals surface area contributed by atoms with E-state index < -0.39 is 0 Å². The first-order chi connectivity index (χ1) is 4.31. The lowest BCUT2D eigenvalue weighted by Gasteiger charge is -1.98. The van der Waals surface area contributed by atoms with E-state index in [1.165, 1.54) is 0 Å². The molecule has 0 spiro atoms. The van der Waals surface area contributed by atoms with Crippen molar-refractivity contribution in [3.05, 3.63) is 0 Å². The van der Waals surface area contributed by atoms with E-state index in [-0.39, 0.29) is 25.6 Å². The van der Waals surface area contributed by atoms with Gasteiger partial charge in [0.15, 0.2) is 0 Å². The van der Waals surface area contributed by atoms with E-state index in [1.807, 2.05) is 0 Å². The first-order valence-corrected chi connectivity index (χ1v) is 2.77. The first-order valence-electron chi connectivity index (χ1n) is 2.77. The summed E-state index contributed by atoms with van der Waals surface area (Å²) >= 11 is 0. The van der Waals surface area contributed by atoms with E-state index in [0.29, 0.717) is 6.54 Å². The number of ether oxygens (including phenoxy) is 1. The quantitative estimate of drug-likeness (QED) is 0.476. The summed E-state index contributed by atoms with van der Waals surface area (Å²) < 4.78 is 4.46. The van der Waals surface area contributed by atoms with Gasteiger partial charge < -0.3 is 15.6 Å². The minimum absolute atomic E-state index is 0.0683. The van der Waals surface area contributed by atoms with Crippen LogP contribution in [0.15, 0.2) is 0 Å². The van der Waals surface area contributed by atoms with Crippen molar-refractivity contribution in [2.75, 3.05) is 19.8 Å². The smallest absolute Gasteiger partial charge is 0.307 e. The topological polar surface area (TPSA) is 72.6 Å². The number of hydrogen-bond acceptors (Lipinski definition) is 4. The molecule has 0 unspecified atom stereocenters. The van der Waals surface area contributed by atoms with Gasteiger partial charge in [-0.1, -0.05) is 0 Å². The molecular weight excluding hydrogens is 122 g/mol. The number of hydrogen-bond donors (Lipinski definition) is 2. The summed E-state index contributed by atoms with van der Waals surface area (Å²) in [6.45, 7) is 0.236. The maximum atomic E-state index is 10.4. The highest BCUT2D eigenvalue weighted by Gasteiger charge is 1.97. The van der Waals surface area contributed by atoms with E-state index in [9.17, 15) is 4.79 Å². The van der Waals surface area contributed by atoms with E-state index in [1.54, 1.807) is 0 Å². The lowest BCUT2D eigenvalue weighted by atomic mass is 10.4. The van der Waals surface area contributed by atoms with Gasteiger partial charge in [0.2, 0.25) is 0 Å². The standard InChI is InChI=1S/C5H11NO3/c6-2-1-5(8)9-4-3-7/h7H,1-4,6H2. The molecule has 9 heavy (non-hydrogen) atoms. The fourth-order valence-corrected chi connectivity index (χ4v) is 0.349. The van der Waals surface area contributed by atoms with Gasteiger partial charge in [-0.3, -0.25) is 4.79 Å². The minimum Gasteiger partial charge on any atom is -0.463 e. The average molecular weight is 133 g/mol. The Balaban J connectivity index is 3.06. The molecule has 0 bridgehead atoms. The third-order valence-corrected chi connectivity index (χ3v) is 0.703. The number of carbonyl (C=O) groups is 1. The van der Waals surface area contributed by atoms with Crippen molar-refractivity contribution in [1.29, 1.82) is 0 Å². The molecule has 0 radical (unpaired) electrons. The Morgan fingerprint density at radius 1 is 1.67 bits per heavy atom. The molecule has 0 atom stereocenters. The molecule has 0 aliphatic heterocycles. The number of aliphatic hydroxyl groups is 1. The highest BCUT2D eigenvalue weighted by molar-refractivity contribution is 5.69. The van der Waals surface area contributed by atoms with Crippen LogP contribution < -0.4 is 5.73 Å². The number of nitrogens with two attached hydrogens (primary N) is 1. The van der Waals surface area contributed by atoms with Crippen LogP contribution in [-0.4, -0.2) is 30.8 Å². The predicted molar refractivity (Wildman–Crippen MR) is 31.7 cm³/mol. The lowest BCUT2D eigenvalue weighted by Crippen LogP contribution is -2.12. The summed E-state index contributed by atoms with van der Waals surface area (Å²) in [5.41, 5.74) is 5.04. The summed E-state index contributed by atoms with van der Waals surface area (Å²) in [5, 5.41) is 8.17. The molecular formula is C5H11NO3. The minimum atomic E-state index is -0.355. The van der Waals surface area contributed by atoms with Gasteiger partial charge in [-0.25, -0.2) is 0 Å². The van der Waals surface area contributed by atoms with Crippen LogP contribution in [0.25, 0.3) is 0 Å². The van der Waals surface area contributed by atoms with Gasteiger partial charge in [0.05, 0.1) is 13.0 Å². The van der Waals surface area contributed by atoms with E-state index in [2.05, 4.69) is 4.74 Å². The highest BCUT2D eigenvalue weighted by Crippen LogP contribution is 1.81. The van der Waals surface area contributed by atoms with Crippen molar-refractivity contribution in [2.45, 2.75) is 6.42 Å². The second-order valence-corrected chi connectivity index (χ2v) is 1.48. The van der Waals surface area contributed by atoms with E-state index in [0.717, 1.165) is 0 Å². The van der Waals surface area contributed by atoms with Crippen LogP contribution in [0.2, 0.25) is 0 Å². The van der Waals surface area contributed by atoms with E-state index in [4.69, 9.17) is 10.8 Å². The van der Waals surface area contributed by atoms with Crippen LogP contribution in [0.5, 0.6) is 0 Å². The molecule has 4 nitrogen and oxygen atoms in total. The highest BCUT2D eigenvalue weighted by atomic mass is 16.5. The zero-order chi connectivity index (χ0) is 7.11. The molecule has 0 saturated carbocycles. The Bertz CT molecular complexity index is 84.3. The third-order valence-electron chi connectivity index (χ3n) is 0.703. The van der Waals surface area contributed by atoms with Crippen molar-refractivity contribution in [2.24, 2.45) is 5.73 Å². The second kappa shape index (κ2) is 5.53. The molecule has 0 heterocycles. The Morgan fingerprint density at radius 3 is 2.78 bits per heavy atom. The Hall–Kier alpha value is -0.610. The summed E-state index contributed by atoms with van der Waals surface area (Å²) in [4.78, 5) is 10.4. The fourth-order valence-electron chi connectivity index (χ4n) is 0.349. The first kappa shape index (κ1) is 8.39. The van der Waals surface area contributed by atoms with Gasteiger partial charge in [-0.2, -0.15) is 0 Å². The molecule has 3 N–H and O–H groups in total. The summed E-state index contributed by atoms with van der Waals surface area (Å²) in [5.74, 6) is -0.355. The van der Waals surface area contributed by atoms with Gasteiger partial charge in [0, 0.05) is 6.54 Å². The maximum Gasteiger partial charge on any atom is 0.307 e. The monoisotopic (exact) mass is 133 g/mol. The molecule has 54 valence electrons. The number of esters is 1. The van der Waals surface area contributed by atoms with E-state index >= 15 is 0 Å². The molecule has 0 aromatic heterocycles. The third kappa shape index (κ3) is 5.26. The Kier molecular flexibility index (Phi) is 5.15. The molecule has 0 aromatic carbocycles. The summed E-state index contributed by atoms with van der Waals surface area (Å²) in [6, 6.07) is 0.